The van der Waals surface area contributed by atoms with E-state index in [0.29, 0.717) is 0 Å². The van der Waals surface area contributed by atoms with E-state index in [2.05, 4.69) is 11.3 Å². The molecule has 0 bridgehead atoms. The number of rotatable bonds is 3. The number of alkyl halides is 2. The van der Waals surface area contributed by atoms with Gasteiger partial charge in [-0.1, -0.05) is 6.58 Å². The Bertz CT molecular complexity index is 110. The van der Waals surface area contributed by atoms with Gasteiger partial charge in [0.15, 0.2) is 0 Å². The lowest BCUT2D eigenvalue weighted by atomic mass is 10.3. The van der Waals surface area contributed by atoms with E-state index < -0.39 is 6.11 Å². The van der Waals surface area contributed by atoms with Crippen molar-refractivity contribution in [2.24, 2.45) is 0 Å². The van der Waals surface area contributed by atoms with Gasteiger partial charge in [0.2, 0.25) is 0 Å². The molecule has 0 radical (unpaired) electrons. The normalized spacial score (nSPS) is 11.6. The first-order valence-corrected chi connectivity index (χ1v) is 2.68. The van der Waals surface area contributed by atoms with Crippen LogP contribution in [0.25, 0.3) is 0 Å². The van der Waals surface area contributed by atoms with E-state index in [1.165, 1.54) is 13.8 Å². The summed E-state index contributed by atoms with van der Waals surface area (Å²) in [7, 11) is 0. The van der Waals surface area contributed by atoms with E-state index in [-0.39, 0.29) is 12.2 Å². The highest BCUT2D eigenvalue weighted by Crippen LogP contribution is 2.22. The average Bonchev–Trinajstić information content (AvgIpc) is 1.65. The largest absolute Gasteiger partial charge is 0.378 e. The molecule has 0 atom stereocenters. The second kappa shape index (κ2) is 2.92. The SMILES string of the molecule is C=C(C)C(F)(F)OCC. The summed E-state index contributed by atoms with van der Waals surface area (Å²) >= 11 is 0. The lowest BCUT2D eigenvalue weighted by molar-refractivity contribution is -0.205. The maximum atomic E-state index is 12.2. The fourth-order valence-corrected chi connectivity index (χ4v) is 0.304. The maximum Gasteiger partial charge on any atom is 0.378 e. The highest BCUT2D eigenvalue weighted by Gasteiger charge is 2.29. The molecule has 3 heteroatoms. The molecular weight excluding hydrogens is 126 g/mol. The molecule has 0 unspecified atom stereocenters. The number of hydrogen-bond acceptors (Lipinski definition) is 1. The fraction of sp³-hybridized carbons (Fsp3) is 0.667. The van der Waals surface area contributed by atoms with Crippen molar-refractivity contribution < 1.29 is 13.5 Å². The molecule has 0 aliphatic carbocycles. The summed E-state index contributed by atoms with van der Waals surface area (Å²) in [6.07, 6.45) is -3.14. The van der Waals surface area contributed by atoms with Crippen molar-refractivity contribution in [3.63, 3.8) is 0 Å². The van der Waals surface area contributed by atoms with E-state index in [1.54, 1.807) is 0 Å². The third-order valence-electron chi connectivity index (χ3n) is 0.822. The molecule has 0 saturated heterocycles. The minimum Gasteiger partial charge on any atom is -0.317 e. The molecule has 0 spiro atoms. The van der Waals surface area contributed by atoms with E-state index in [1.807, 2.05) is 0 Å². The fourth-order valence-electron chi connectivity index (χ4n) is 0.304. The van der Waals surface area contributed by atoms with Gasteiger partial charge < -0.3 is 4.74 Å². The smallest absolute Gasteiger partial charge is 0.317 e. The first kappa shape index (κ1) is 8.56. The van der Waals surface area contributed by atoms with E-state index in [4.69, 9.17) is 0 Å². The first-order chi connectivity index (χ1) is 4.00. The first-order valence-electron chi connectivity index (χ1n) is 2.68. The molecule has 0 fully saturated rings. The van der Waals surface area contributed by atoms with Crippen LogP contribution >= 0.6 is 0 Å². The molecule has 0 N–H and O–H groups in total. The van der Waals surface area contributed by atoms with Crippen LogP contribution in [0.3, 0.4) is 0 Å². The Balaban J connectivity index is 3.85. The van der Waals surface area contributed by atoms with Crippen LogP contribution in [0.15, 0.2) is 12.2 Å². The van der Waals surface area contributed by atoms with Crippen LogP contribution in [-0.2, 0) is 4.74 Å². The number of halogens is 2. The molecule has 0 saturated carbocycles. The molecular formula is C6H10F2O. The Morgan fingerprint density at radius 3 is 2.22 bits per heavy atom. The van der Waals surface area contributed by atoms with Crippen molar-refractivity contribution in [3.05, 3.63) is 12.2 Å². The molecule has 0 aromatic carbocycles. The van der Waals surface area contributed by atoms with Crippen LogP contribution < -0.4 is 0 Å². The van der Waals surface area contributed by atoms with Gasteiger partial charge in [0, 0.05) is 5.57 Å². The zero-order valence-electron chi connectivity index (χ0n) is 5.58. The van der Waals surface area contributed by atoms with Gasteiger partial charge in [0.05, 0.1) is 6.61 Å². The summed E-state index contributed by atoms with van der Waals surface area (Å²) in [6.45, 7) is 5.81. The van der Waals surface area contributed by atoms with Gasteiger partial charge in [0.25, 0.3) is 0 Å². The second-order valence-electron chi connectivity index (χ2n) is 1.73. The molecule has 0 aliphatic heterocycles. The van der Waals surface area contributed by atoms with Crippen molar-refractivity contribution >= 4 is 0 Å². The monoisotopic (exact) mass is 136 g/mol. The third kappa shape index (κ3) is 2.56. The summed E-state index contributed by atoms with van der Waals surface area (Å²) in [5, 5.41) is 0. The Labute approximate surface area is 53.3 Å². The van der Waals surface area contributed by atoms with Crippen LogP contribution in [0, 0.1) is 0 Å². The molecule has 0 amide bonds. The summed E-state index contributed by atoms with van der Waals surface area (Å²) in [5.41, 5.74) is -0.260. The van der Waals surface area contributed by atoms with Crippen LogP contribution in [0.1, 0.15) is 13.8 Å². The summed E-state index contributed by atoms with van der Waals surface area (Å²) in [4.78, 5) is 0. The Morgan fingerprint density at radius 1 is 1.67 bits per heavy atom. The molecule has 54 valence electrons. The minimum atomic E-state index is -3.14. The molecule has 1 nitrogen and oxygen atoms in total. The van der Waals surface area contributed by atoms with E-state index in [0.717, 1.165) is 0 Å². The van der Waals surface area contributed by atoms with Crippen molar-refractivity contribution in [2.45, 2.75) is 20.0 Å². The second-order valence-corrected chi connectivity index (χ2v) is 1.73. The predicted molar refractivity (Wildman–Crippen MR) is 31.4 cm³/mol. The Hall–Kier alpha value is -0.440. The highest BCUT2D eigenvalue weighted by molar-refractivity contribution is 4.97. The van der Waals surface area contributed by atoms with Crippen LogP contribution in [0.2, 0.25) is 0 Å². The van der Waals surface area contributed by atoms with Crippen LogP contribution in [0.4, 0.5) is 8.78 Å². The van der Waals surface area contributed by atoms with Gasteiger partial charge >= 0.3 is 6.11 Å². The molecule has 0 heterocycles. The predicted octanol–water partition coefficient (Wildman–Crippen LogP) is 2.19. The van der Waals surface area contributed by atoms with E-state index in [9.17, 15) is 8.78 Å². The van der Waals surface area contributed by atoms with Crippen molar-refractivity contribution in [1.29, 1.82) is 0 Å². The standard InChI is InChI=1S/C6H10F2O/c1-4-9-6(7,8)5(2)3/h2,4H2,1,3H3. The maximum absolute atomic E-state index is 12.2. The van der Waals surface area contributed by atoms with Crippen LogP contribution in [0.5, 0.6) is 0 Å². The Kier molecular flexibility index (Phi) is 2.77. The molecule has 0 aromatic heterocycles. The number of hydrogen-bond donors (Lipinski definition) is 0. The minimum absolute atomic E-state index is 0.000139. The molecule has 0 aromatic rings. The topological polar surface area (TPSA) is 9.23 Å². The lowest BCUT2D eigenvalue weighted by Gasteiger charge is -2.14. The lowest BCUT2D eigenvalue weighted by Crippen LogP contribution is -2.21. The molecule has 9 heavy (non-hydrogen) atoms. The third-order valence-corrected chi connectivity index (χ3v) is 0.822. The van der Waals surface area contributed by atoms with Crippen molar-refractivity contribution in [1.82, 2.24) is 0 Å². The van der Waals surface area contributed by atoms with Crippen molar-refractivity contribution in [3.8, 4) is 0 Å². The number of ether oxygens (including phenoxy) is 1. The van der Waals surface area contributed by atoms with Crippen LogP contribution in [-0.4, -0.2) is 12.7 Å². The zero-order valence-corrected chi connectivity index (χ0v) is 5.58. The van der Waals surface area contributed by atoms with Crippen molar-refractivity contribution in [2.75, 3.05) is 6.61 Å². The quantitative estimate of drug-likeness (QED) is 0.540. The Morgan fingerprint density at radius 2 is 2.11 bits per heavy atom. The summed E-state index contributed by atoms with van der Waals surface area (Å²) < 4.78 is 28.5. The molecule has 0 rings (SSSR count). The van der Waals surface area contributed by atoms with Gasteiger partial charge in [-0.25, -0.2) is 0 Å². The van der Waals surface area contributed by atoms with E-state index >= 15 is 0 Å². The average molecular weight is 136 g/mol. The summed E-state index contributed by atoms with van der Waals surface area (Å²) in [5.74, 6) is 0. The van der Waals surface area contributed by atoms with Gasteiger partial charge in [-0.15, -0.1) is 0 Å². The van der Waals surface area contributed by atoms with Gasteiger partial charge in [-0.3, -0.25) is 0 Å². The van der Waals surface area contributed by atoms with Gasteiger partial charge in [-0.05, 0) is 13.8 Å². The zero-order chi connectivity index (χ0) is 7.49. The highest BCUT2D eigenvalue weighted by atomic mass is 19.3. The summed E-state index contributed by atoms with van der Waals surface area (Å²) in [6, 6.07) is 0. The van der Waals surface area contributed by atoms with Gasteiger partial charge in [-0.2, -0.15) is 8.78 Å². The van der Waals surface area contributed by atoms with Gasteiger partial charge in [0.1, 0.15) is 0 Å². The molecule has 0 aliphatic rings.